The van der Waals surface area contributed by atoms with Crippen LogP contribution >= 0.6 is 11.5 Å². The van der Waals surface area contributed by atoms with E-state index in [1.54, 1.807) is 12.1 Å². The summed E-state index contributed by atoms with van der Waals surface area (Å²) in [6.07, 6.45) is 2.68. The lowest BCUT2D eigenvalue weighted by molar-refractivity contribution is 0.0736. The van der Waals surface area contributed by atoms with Crippen molar-refractivity contribution in [1.29, 1.82) is 0 Å². The zero-order valence-electron chi connectivity index (χ0n) is 11.9. The van der Waals surface area contributed by atoms with Gasteiger partial charge in [0, 0.05) is 18.0 Å². The predicted molar refractivity (Wildman–Crippen MR) is 81.0 cm³/mol. The first kappa shape index (κ1) is 14.2. The Kier molecular flexibility index (Phi) is 4.01. The highest BCUT2D eigenvalue weighted by Crippen LogP contribution is 2.25. The summed E-state index contributed by atoms with van der Waals surface area (Å²) in [5.41, 5.74) is 2.44. The van der Waals surface area contributed by atoms with E-state index < -0.39 is 0 Å². The fourth-order valence-electron chi connectivity index (χ4n) is 2.90. The van der Waals surface area contributed by atoms with Crippen LogP contribution in [0.5, 0.6) is 0 Å². The Morgan fingerprint density at radius 1 is 1.52 bits per heavy atom. The van der Waals surface area contributed by atoms with Crippen molar-refractivity contribution in [1.82, 2.24) is 9.27 Å². The molecule has 0 unspecified atom stereocenters. The van der Waals surface area contributed by atoms with Gasteiger partial charge in [-0.25, -0.2) is 4.39 Å². The van der Waals surface area contributed by atoms with Crippen molar-refractivity contribution >= 4 is 17.4 Å². The standard InChI is InChI=1S/C16H17FN2OS/c1-11-15(10-21-18-11)16(20)19-7-3-6-14(19)9-12-4-2-5-13(17)8-12/h2,4-5,8,10,14H,3,6-7,9H2,1H3/t14-/m0/s1. The van der Waals surface area contributed by atoms with Crippen LogP contribution in [-0.2, 0) is 6.42 Å². The van der Waals surface area contributed by atoms with Gasteiger partial charge in [-0.05, 0) is 55.4 Å². The molecule has 3 nitrogen and oxygen atoms in total. The van der Waals surface area contributed by atoms with Crippen molar-refractivity contribution in [3.63, 3.8) is 0 Å². The molecule has 2 aromatic rings. The van der Waals surface area contributed by atoms with Gasteiger partial charge in [-0.1, -0.05) is 12.1 Å². The van der Waals surface area contributed by atoms with E-state index in [9.17, 15) is 9.18 Å². The van der Waals surface area contributed by atoms with Gasteiger partial charge in [0.05, 0.1) is 11.3 Å². The minimum Gasteiger partial charge on any atom is -0.335 e. The van der Waals surface area contributed by atoms with Crippen LogP contribution in [0.15, 0.2) is 29.6 Å². The molecule has 1 aromatic heterocycles. The first-order valence-corrected chi connectivity index (χ1v) is 7.95. The Hall–Kier alpha value is -1.75. The van der Waals surface area contributed by atoms with Gasteiger partial charge in [-0.3, -0.25) is 4.79 Å². The largest absolute Gasteiger partial charge is 0.335 e. The highest BCUT2D eigenvalue weighted by Gasteiger charge is 2.30. The van der Waals surface area contributed by atoms with Gasteiger partial charge in [0.2, 0.25) is 0 Å². The minimum absolute atomic E-state index is 0.0557. The summed E-state index contributed by atoms with van der Waals surface area (Å²) in [6, 6.07) is 6.79. The second-order valence-corrected chi connectivity index (χ2v) is 6.07. The summed E-state index contributed by atoms with van der Waals surface area (Å²) in [5, 5.41) is 1.81. The number of amides is 1. The number of nitrogens with zero attached hydrogens (tertiary/aromatic N) is 2. The van der Waals surface area contributed by atoms with Crippen molar-refractivity contribution in [2.45, 2.75) is 32.2 Å². The smallest absolute Gasteiger partial charge is 0.256 e. The van der Waals surface area contributed by atoms with Crippen LogP contribution in [0.3, 0.4) is 0 Å². The molecule has 110 valence electrons. The second-order valence-electron chi connectivity index (χ2n) is 5.44. The van der Waals surface area contributed by atoms with E-state index in [1.807, 2.05) is 23.3 Å². The molecule has 0 N–H and O–H groups in total. The SMILES string of the molecule is Cc1nscc1C(=O)N1CCC[C@H]1Cc1cccc(F)c1. The van der Waals surface area contributed by atoms with E-state index in [0.29, 0.717) is 12.0 Å². The highest BCUT2D eigenvalue weighted by atomic mass is 32.1. The van der Waals surface area contributed by atoms with Crippen molar-refractivity contribution in [2.75, 3.05) is 6.54 Å². The van der Waals surface area contributed by atoms with Crippen molar-refractivity contribution in [3.05, 3.63) is 52.3 Å². The quantitative estimate of drug-likeness (QED) is 0.870. The number of hydrogen-bond donors (Lipinski definition) is 0. The van der Waals surface area contributed by atoms with Gasteiger partial charge in [0.25, 0.3) is 5.91 Å². The Balaban J connectivity index is 1.77. The Bertz CT molecular complexity index is 655. The number of likely N-dealkylation sites (tertiary alicyclic amines) is 1. The van der Waals surface area contributed by atoms with Crippen LogP contribution in [0.2, 0.25) is 0 Å². The number of benzene rings is 1. The van der Waals surface area contributed by atoms with E-state index in [4.69, 9.17) is 0 Å². The second kappa shape index (κ2) is 5.93. The van der Waals surface area contributed by atoms with E-state index in [-0.39, 0.29) is 17.8 Å². The fourth-order valence-corrected chi connectivity index (χ4v) is 3.59. The van der Waals surface area contributed by atoms with Gasteiger partial charge in [-0.15, -0.1) is 0 Å². The molecule has 1 aliphatic rings. The first-order chi connectivity index (χ1) is 10.1. The fraction of sp³-hybridized carbons (Fsp3) is 0.375. The lowest BCUT2D eigenvalue weighted by Gasteiger charge is -2.24. The number of carbonyl (C=O) groups is 1. The van der Waals surface area contributed by atoms with Gasteiger partial charge in [-0.2, -0.15) is 4.37 Å². The molecule has 1 aromatic carbocycles. The zero-order valence-corrected chi connectivity index (χ0v) is 12.7. The maximum Gasteiger partial charge on any atom is 0.256 e. The molecule has 2 heterocycles. The molecule has 0 aliphatic carbocycles. The zero-order chi connectivity index (χ0) is 14.8. The van der Waals surface area contributed by atoms with Crippen LogP contribution in [0.25, 0.3) is 0 Å². The van der Waals surface area contributed by atoms with E-state index in [0.717, 1.165) is 30.6 Å². The number of carbonyl (C=O) groups excluding carboxylic acids is 1. The molecule has 0 saturated carbocycles. The molecule has 1 atom stereocenters. The van der Waals surface area contributed by atoms with E-state index >= 15 is 0 Å². The van der Waals surface area contributed by atoms with Gasteiger partial charge < -0.3 is 4.90 Å². The molecule has 5 heteroatoms. The summed E-state index contributed by atoms with van der Waals surface area (Å²) in [4.78, 5) is 14.5. The van der Waals surface area contributed by atoms with E-state index in [2.05, 4.69) is 4.37 Å². The van der Waals surface area contributed by atoms with Crippen LogP contribution in [0, 0.1) is 12.7 Å². The van der Waals surface area contributed by atoms with Gasteiger partial charge in [0.1, 0.15) is 5.82 Å². The topological polar surface area (TPSA) is 33.2 Å². The molecule has 3 rings (SSSR count). The van der Waals surface area contributed by atoms with Crippen LogP contribution in [-0.4, -0.2) is 27.8 Å². The van der Waals surface area contributed by atoms with Crippen LogP contribution < -0.4 is 0 Å². The summed E-state index contributed by atoms with van der Waals surface area (Å²) < 4.78 is 17.5. The lowest BCUT2D eigenvalue weighted by Crippen LogP contribution is -2.37. The maximum absolute atomic E-state index is 13.3. The third-order valence-corrected chi connectivity index (χ3v) is 4.70. The van der Waals surface area contributed by atoms with Crippen LogP contribution in [0.1, 0.15) is 34.5 Å². The molecular formula is C16H17FN2OS. The lowest BCUT2D eigenvalue weighted by atomic mass is 10.0. The predicted octanol–water partition coefficient (Wildman–Crippen LogP) is 3.44. The molecule has 1 amide bonds. The molecule has 0 radical (unpaired) electrons. The highest BCUT2D eigenvalue weighted by molar-refractivity contribution is 7.03. The summed E-state index contributed by atoms with van der Waals surface area (Å²) in [6.45, 7) is 2.63. The number of halogens is 1. The molecule has 1 fully saturated rings. The molecule has 1 saturated heterocycles. The third kappa shape index (κ3) is 2.97. The Labute approximate surface area is 127 Å². The van der Waals surface area contributed by atoms with Crippen molar-refractivity contribution < 1.29 is 9.18 Å². The summed E-state index contributed by atoms with van der Waals surface area (Å²) >= 11 is 1.31. The normalized spacial score (nSPS) is 18.2. The first-order valence-electron chi connectivity index (χ1n) is 7.11. The number of rotatable bonds is 3. The molecule has 21 heavy (non-hydrogen) atoms. The summed E-state index contributed by atoms with van der Waals surface area (Å²) in [7, 11) is 0. The number of aromatic nitrogens is 1. The average molecular weight is 304 g/mol. The average Bonchev–Trinajstić information content (AvgIpc) is 3.07. The number of hydrogen-bond acceptors (Lipinski definition) is 3. The van der Waals surface area contributed by atoms with Gasteiger partial charge >= 0.3 is 0 Å². The van der Waals surface area contributed by atoms with Crippen LogP contribution in [0.4, 0.5) is 4.39 Å². The maximum atomic E-state index is 13.3. The Morgan fingerprint density at radius 2 is 2.38 bits per heavy atom. The molecule has 0 spiro atoms. The van der Waals surface area contributed by atoms with Gasteiger partial charge in [0.15, 0.2) is 0 Å². The van der Waals surface area contributed by atoms with E-state index in [1.165, 1.54) is 17.6 Å². The molecular weight excluding hydrogens is 287 g/mol. The molecule has 0 bridgehead atoms. The third-order valence-electron chi connectivity index (χ3n) is 3.98. The Morgan fingerprint density at radius 3 is 3.10 bits per heavy atom. The van der Waals surface area contributed by atoms with Crippen molar-refractivity contribution in [2.24, 2.45) is 0 Å². The monoisotopic (exact) mass is 304 g/mol. The number of aryl methyl sites for hydroxylation is 1. The summed E-state index contributed by atoms with van der Waals surface area (Å²) in [5.74, 6) is -0.165. The van der Waals surface area contributed by atoms with Crippen molar-refractivity contribution in [3.8, 4) is 0 Å². The minimum atomic E-state index is -0.221. The molecule has 1 aliphatic heterocycles.